The van der Waals surface area contributed by atoms with E-state index in [2.05, 4.69) is 35.2 Å². The maximum Gasteiger partial charge on any atom is 0.259 e. The van der Waals surface area contributed by atoms with Crippen LogP contribution in [-0.4, -0.2) is 58.7 Å². The van der Waals surface area contributed by atoms with Crippen molar-refractivity contribution in [1.82, 2.24) is 14.8 Å². The number of likely N-dealkylation sites (tertiary alicyclic amines) is 2. The standard InChI is InChI=1S/C28H28N4O3/c1-30-24(33)10-9-23(28(30)35)32-22-11-14-29-26-20(7-8-21(25(22)26)27(32)34)19-12-15-31(16-13-19)17-18-5-3-2-4-6-18/h2-8,11,14,19,23H,9-10,12-13,15-17H2,1H3. The Balaban J connectivity index is 1.28. The fourth-order valence-electron chi connectivity index (χ4n) is 5.91. The lowest BCUT2D eigenvalue weighted by molar-refractivity contribution is -0.147. The number of piperidine rings is 2. The van der Waals surface area contributed by atoms with E-state index in [1.165, 1.54) is 18.2 Å². The summed E-state index contributed by atoms with van der Waals surface area (Å²) in [6, 6.07) is 15.7. The molecule has 7 nitrogen and oxygen atoms in total. The van der Waals surface area contributed by atoms with Gasteiger partial charge in [-0.05, 0) is 61.5 Å². The van der Waals surface area contributed by atoms with Gasteiger partial charge in [-0.25, -0.2) is 0 Å². The lowest BCUT2D eigenvalue weighted by Crippen LogP contribution is -2.54. The molecule has 3 aromatic rings. The highest BCUT2D eigenvalue weighted by Gasteiger charge is 2.43. The van der Waals surface area contributed by atoms with Gasteiger partial charge in [0.15, 0.2) is 0 Å². The second-order valence-corrected chi connectivity index (χ2v) is 9.81. The van der Waals surface area contributed by atoms with Gasteiger partial charge < -0.3 is 0 Å². The van der Waals surface area contributed by atoms with Crippen LogP contribution in [0.25, 0.3) is 10.9 Å². The Morgan fingerprint density at radius 3 is 2.49 bits per heavy atom. The first-order valence-electron chi connectivity index (χ1n) is 12.3. The monoisotopic (exact) mass is 468 g/mol. The second-order valence-electron chi connectivity index (χ2n) is 9.81. The maximum absolute atomic E-state index is 13.5. The van der Waals surface area contributed by atoms with Crippen molar-refractivity contribution < 1.29 is 14.4 Å². The third kappa shape index (κ3) is 3.62. The van der Waals surface area contributed by atoms with Crippen molar-refractivity contribution in [2.24, 2.45) is 0 Å². The zero-order valence-electron chi connectivity index (χ0n) is 19.8. The highest BCUT2D eigenvalue weighted by atomic mass is 16.2. The second kappa shape index (κ2) is 8.57. The number of hydrogen-bond donors (Lipinski definition) is 0. The van der Waals surface area contributed by atoms with Crippen LogP contribution >= 0.6 is 0 Å². The number of hydrogen-bond acceptors (Lipinski definition) is 5. The van der Waals surface area contributed by atoms with Crippen molar-refractivity contribution in [2.45, 2.75) is 44.2 Å². The molecular weight excluding hydrogens is 440 g/mol. The summed E-state index contributed by atoms with van der Waals surface area (Å²) >= 11 is 0. The van der Waals surface area contributed by atoms with E-state index in [4.69, 9.17) is 4.98 Å². The van der Waals surface area contributed by atoms with Gasteiger partial charge in [0.2, 0.25) is 5.91 Å². The van der Waals surface area contributed by atoms with Gasteiger partial charge in [-0.1, -0.05) is 36.4 Å². The Morgan fingerprint density at radius 2 is 1.71 bits per heavy atom. The molecule has 0 radical (unpaired) electrons. The minimum atomic E-state index is -0.659. The smallest absolute Gasteiger partial charge is 0.259 e. The number of nitrogens with zero attached hydrogens (tertiary/aromatic N) is 4. The molecule has 35 heavy (non-hydrogen) atoms. The van der Waals surface area contributed by atoms with Crippen LogP contribution in [0.5, 0.6) is 0 Å². The molecule has 3 aliphatic rings. The zero-order valence-corrected chi connectivity index (χ0v) is 19.8. The van der Waals surface area contributed by atoms with E-state index in [1.54, 1.807) is 11.1 Å². The molecule has 1 unspecified atom stereocenters. The van der Waals surface area contributed by atoms with Gasteiger partial charge >= 0.3 is 0 Å². The van der Waals surface area contributed by atoms with Crippen LogP contribution in [-0.2, 0) is 16.1 Å². The molecule has 0 spiro atoms. The number of anilines is 1. The van der Waals surface area contributed by atoms with Crippen molar-refractivity contribution in [1.29, 1.82) is 0 Å². The number of carbonyl (C=O) groups excluding carboxylic acids is 3. The quantitative estimate of drug-likeness (QED) is 0.546. The van der Waals surface area contributed by atoms with Gasteiger partial charge in [0.1, 0.15) is 6.04 Å². The van der Waals surface area contributed by atoms with Gasteiger partial charge in [0, 0.05) is 31.6 Å². The number of benzene rings is 2. The molecular formula is C28H28N4O3. The van der Waals surface area contributed by atoms with E-state index >= 15 is 0 Å². The van der Waals surface area contributed by atoms with Gasteiger partial charge in [-0.15, -0.1) is 0 Å². The van der Waals surface area contributed by atoms with E-state index in [9.17, 15) is 14.4 Å². The summed E-state index contributed by atoms with van der Waals surface area (Å²) < 4.78 is 0. The summed E-state index contributed by atoms with van der Waals surface area (Å²) in [6.45, 7) is 3.00. The number of aromatic nitrogens is 1. The van der Waals surface area contributed by atoms with E-state index in [-0.39, 0.29) is 24.1 Å². The predicted molar refractivity (Wildman–Crippen MR) is 133 cm³/mol. The number of imide groups is 1. The van der Waals surface area contributed by atoms with Crippen LogP contribution in [0.15, 0.2) is 54.7 Å². The van der Waals surface area contributed by atoms with E-state index in [1.807, 2.05) is 18.2 Å². The SMILES string of the molecule is CN1C(=O)CCC(N2C(=O)c3ccc(C4CCN(Cc5ccccc5)CC4)c4nccc2c34)C1=O. The Morgan fingerprint density at radius 1 is 0.943 bits per heavy atom. The van der Waals surface area contributed by atoms with Crippen molar-refractivity contribution in [3.63, 3.8) is 0 Å². The van der Waals surface area contributed by atoms with Crippen LogP contribution in [0.3, 0.4) is 0 Å². The maximum atomic E-state index is 13.5. The fourth-order valence-corrected chi connectivity index (χ4v) is 5.91. The first-order valence-corrected chi connectivity index (χ1v) is 12.3. The minimum absolute atomic E-state index is 0.177. The average molecular weight is 469 g/mol. The number of rotatable bonds is 4. The summed E-state index contributed by atoms with van der Waals surface area (Å²) in [5.74, 6) is -0.319. The molecule has 0 aliphatic carbocycles. The fraction of sp³-hybridized carbons (Fsp3) is 0.357. The Bertz CT molecular complexity index is 1330. The van der Waals surface area contributed by atoms with Gasteiger partial charge in [0.05, 0.1) is 16.8 Å². The Hall–Kier alpha value is -3.58. The largest absolute Gasteiger partial charge is 0.299 e. The molecule has 6 rings (SSSR count). The zero-order chi connectivity index (χ0) is 24.1. The van der Waals surface area contributed by atoms with Gasteiger partial charge in [-0.3, -0.25) is 34.1 Å². The topological polar surface area (TPSA) is 73.8 Å². The predicted octanol–water partition coefficient (Wildman–Crippen LogP) is 3.72. The van der Waals surface area contributed by atoms with Crippen LogP contribution in [0.1, 0.15) is 53.1 Å². The number of amides is 3. The lowest BCUT2D eigenvalue weighted by atomic mass is 9.87. The van der Waals surface area contributed by atoms with Crippen molar-refractivity contribution in [3.05, 3.63) is 71.4 Å². The molecule has 178 valence electrons. The third-order valence-corrected chi connectivity index (χ3v) is 7.82. The molecule has 4 heterocycles. The average Bonchev–Trinajstić information content (AvgIpc) is 3.17. The van der Waals surface area contributed by atoms with Gasteiger partial charge in [0.25, 0.3) is 11.8 Å². The molecule has 2 saturated heterocycles. The minimum Gasteiger partial charge on any atom is -0.299 e. The van der Waals surface area contributed by atoms with Crippen LogP contribution in [0, 0.1) is 0 Å². The Labute approximate surface area is 204 Å². The van der Waals surface area contributed by atoms with E-state index in [0.29, 0.717) is 17.9 Å². The van der Waals surface area contributed by atoms with Crippen LogP contribution in [0.2, 0.25) is 0 Å². The summed E-state index contributed by atoms with van der Waals surface area (Å²) in [5, 5.41) is 0.842. The lowest BCUT2D eigenvalue weighted by Gasteiger charge is -2.34. The molecule has 1 atom stereocenters. The molecule has 7 heteroatoms. The molecule has 0 bridgehead atoms. The highest BCUT2D eigenvalue weighted by Crippen LogP contribution is 2.43. The highest BCUT2D eigenvalue weighted by molar-refractivity contribution is 6.27. The molecule has 3 aliphatic heterocycles. The third-order valence-electron chi connectivity index (χ3n) is 7.82. The van der Waals surface area contributed by atoms with Crippen molar-refractivity contribution in [2.75, 3.05) is 25.0 Å². The first kappa shape index (κ1) is 21.9. The summed E-state index contributed by atoms with van der Waals surface area (Å²) in [6.07, 6.45) is 4.42. The number of carbonyl (C=O) groups is 3. The van der Waals surface area contributed by atoms with E-state index in [0.717, 1.165) is 54.0 Å². The number of pyridine rings is 1. The number of likely N-dealkylation sites (N-methyl/N-ethyl adjacent to an activating group) is 1. The first-order chi connectivity index (χ1) is 17.0. The van der Waals surface area contributed by atoms with E-state index < -0.39 is 6.04 Å². The molecule has 0 N–H and O–H groups in total. The summed E-state index contributed by atoms with van der Waals surface area (Å²) in [7, 11) is 1.49. The Kier molecular flexibility index (Phi) is 5.37. The summed E-state index contributed by atoms with van der Waals surface area (Å²) in [4.78, 5) is 48.3. The molecule has 3 amide bonds. The molecule has 2 fully saturated rings. The van der Waals surface area contributed by atoms with Gasteiger partial charge in [-0.2, -0.15) is 0 Å². The van der Waals surface area contributed by atoms with Crippen molar-refractivity contribution in [3.8, 4) is 0 Å². The molecule has 0 saturated carbocycles. The van der Waals surface area contributed by atoms with Crippen molar-refractivity contribution >= 4 is 34.3 Å². The van der Waals surface area contributed by atoms with Crippen LogP contribution in [0.4, 0.5) is 5.69 Å². The summed E-state index contributed by atoms with van der Waals surface area (Å²) in [5.41, 5.74) is 4.72. The molecule has 2 aromatic carbocycles. The normalized spacial score (nSPS) is 21.4. The van der Waals surface area contributed by atoms with Crippen LogP contribution < -0.4 is 4.90 Å². The molecule has 1 aromatic heterocycles.